The zero-order valence-electron chi connectivity index (χ0n) is 39.9. The zero-order chi connectivity index (χ0) is 47.5. The Labute approximate surface area is 418 Å². The van der Waals surface area contributed by atoms with Gasteiger partial charge in [0.15, 0.2) is 0 Å². The first-order chi connectivity index (χ1) is 35.5. The number of benzene rings is 9. The lowest BCUT2D eigenvalue weighted by molar-refractivity contribution is 0.561. The van der Waals surface area contributed by atoms with Gasteiger partial charge in [-0.05, 0) is 138 Å². The molecular formula is C69H45N3. The maximum absolute atomic E-state index is 5.51. The summed E-state index contributed by atoms with van der Waals surface area (Å²) in [6, 6.07) is 84.3. The number of hydrogen-bond donors (Lipinski definition) is 0. The van der Waals surface area contributed by atoms with Gasteiger partial charge in [-0.3, -0.25) is 9.97 Å². The predicted molar refractivity (Wildman–Crippen MR) is 293 cm³/mol. The van der Waals surface area contributed by atoms with Gasteiger partial charge in [0.25, 0.3) is 0 Å². The van der Waals surface area contributed by atoms with E-state index in [0.717, 1.165) is 28.2 Å². The summed E-state index contributed by atoms with van der Waals surface area (Å²) < 4.78 is 2.41. The molecule has 3 aromatic heterocycles. The molecule has 16 rings (SSSR count). The number of rotatable bonds is 3. The molecule has 2 spiro atoms. The van der Waals surface area contributed by atoms with Crippen molar-refractivity contribution in [2.45, 2.75) is 30.1 Å². The normalized spacial score (nSPS) is 16.5. The first kappa shape index (κ1) is 39.9. The van der Waals surface area contributed by atoms with Gasteiger partial charge in [0, 0.05) is 45.4 Å². The summed E-state index contributed by atoms with van der Waals surface area (Å²) in [6.45, 7) is 4.91. The van der Waals surface area contributed by atoms with Crippen LogP contribution in [-0.2, 0) is 16.2 Å². The van der Waals surface area contributed by atoms with Gasteiger partial charge in [-0.15, -0.1) is 0 Å². The summed E-state index contributed by atoms with van der Waals surface area (Å²) in [5.74, 6) is 0. The van der Waals surface area contributed by atoms with Crippen LogP contribution < -0.4 is 0 Å². The Morgan fingerprint density at radius 2 is 0.861 bits per heavy atom. The van der Waals surface area contributed by atoms with Crippen molar-refractivity contribution in [3.05, 3.63) is 292 Å². The smallest absolute Gasteiger partial charge is 0.0937 e. The summed E-state index contributed by atoms with van der Waals surface area (Å²) >= 11 is 0. The summed E-state index contributed by atoms with van der Waals surface area (Å²) in [5, 5.41) is 2.50. The third-order valence-corrected chi connectivity index (χ3v) is 17.2. The zero-order valence-corrected chi connectivity index (χ0v) is 39.9. The first-order valence-electron chi connectivity index (χ1n) is 25.2. The van der Waals surface area contributed by atoms with Crippen molar-refractivity contribution in [1.29, 1.82) is 0 Å². The van der Waals surface area contributed by atoms with E-state index in [1.165, 1.54) is 111 Å². The second-order valence-electron chi connectivity index (χ2n) is 20.8. The molecule has 3 nitrogen and oxygen atoms in total. The minimum Gasteiger partial charge on any atom is -0.309 e. The van der Waals surface area contributed by atoms with E-state index in [9.17, 15) is 0 Å². The van der Waals surface area contributed by atoms with Crippen LogP contribution in [0.4, 0.5) is 0 Å². The third-order valence-electron chi connectivity index (χ3n) is 17.2. The van der Waals surface area contributed by atoms with Crippen molar-refractivity contribution in [2.24, 2.45) is 0 Å². The van der Waals surface area contributed by atoms with Gasteiger partial charge in [0.05, 0.1) is 33.3 Å². The molecule has 0 saturated heterocycles. The monoisotopic (exact) mass is 915 g/mol. The fourth-order valence-corrected chi connectivity index (χ4v) is 14.2. The fourth-order valence-electron chi connectivity index (χ4n) is 14.2. The summed E-state index contributed by atoms with van der Waals surface area (Å²) in [4.78, 5) is 10.8. The molecule has 0 fully saturated rings. The summed E-state index contributed by atoms with van der Waals surface area (Å²) in [7, 11) is 0. The molecule has 0 bridgehead atoms. The highest BCUT2D eigenvalue weighted by atomic mass is 15.0. The molecule has 9 aromatic carbocycles. The van der Waals surface area contributed by atoms with Gasteiger partial charge in [0.1, 0.15) is 0 Å². The van der Waals surface area contributed by atoms with Crippen LogP contribution in [0.1, 0.15) is 69.5 Å². The highest BCUT2D eigenvalue weighted by molar-refractivity contribution is 6.09. The van der Waals surface area contributed by atoms with Crippen molar-refractivity contribution < 1.29 is 0 Å². The Morgan fingerprint density at radius 1 is 0.319 bits per heavy atom. The van der Waals surface area contributed by atoms with E-state index < -0.39 is 16.2 Å². The second-order valence-corrected chi connectivity index (χ2v) is 20.8. The molecule has 0 radical (unpaired) electrons. The molecule has 0 amide bonds. The van der Waals surface area contributed by atoms with Crippen LogP contribution in [0.15, 0.2) is 237 Å². The van der Waals surface area contributed by atoms with Gasteiger partial charge >= 0.3 is 0 Å². The molecule has 12 aromatic rings. The van der Waals surface area contributed by atoms with Crippen LogP contribution in [-0.4, -0.2) is 14.5 Å². The minimum atomic E-state index is -0.743. The number of nitrogens with zero attached hydrogens (tertiary/aromatic N) is 3. The molecule has 4 aliphatic carbocycles. The van der Waals surface area contributed by atoms with Crippen molar-refractivity contribution in [2.75, 3.05) is 0 Å². The Balaban J connectivity index is 1.000. The molecule has 1 unspecified atom stereocenters. The van der Waals surface area contributed by atoms with E-state index >= 15 is 0 Å². The molecule has 3 heterocycles. The van der Waals surface area contributed by atoms with Gasteiger partial charge in [-0.2, -0.15) is 0 Å². The SMILES string of the molecule is CC1(C)c2cc(-c3ccccc3)ccc2C2(c3cc4c(cc31)C1(c3ccccc3-c3ccccc31)c1ccccc1-4)c1cccnc1-c1ncc(-c3cccc(-n4c5ccccc5c5ccccc54)c3)cc12. The number of pyridine rings is 2. The minimum absolute atomic E-state index is 0.407. The highest BCUT2D eigenvalue weighted by Crippen LogP contribution is 2.67. The quantitative estimate of drug-likeness (QED) is 0.177. The number of fused-ring (bicyclic) bond motifs is 22. The fraction of sp³-hybridized carbons (Fsp3) is 0.0725. The molecule has 1 atom stereocenters. The van der Waals surface area contributed by atoms with Crippen LogP contribution in [0.3, 0.4) is 0 Å². The number of aromatic nitrogens is 3. The number of hydrogen-bond acceptors (Lipinski definition) is 2. The van der Waals surface area contributed by atoms with Crippen molar-refractivity contribution in [3.63, 3.8) is 0 Å². The standard InChI is InChI=1S/C69H45N3/c1-67(2)59-37-44(42-18-4-3-5-19-42)33-34-56(59)69(61-39-52-49-24-8-13-29-55(49)68(58(52)40-60(61)67)53-27-11-6-22-47(53)48-23-7-12-28-54(48)68)57-30-17-35-70-65(57)66-62(69)38-45(41-71-66)43-20-16-21-46(36-43)72-63-31-14-9-25-50(63)51-26-10-15-32-64(51)72/h3-41H,1-2H3. The Bertz CT molecular complexity index is 4230. The van der Waals surface area contributed by atoms with Crippen molar-refractivity contribution in [1.82, 2.24) is 14.5 Å². The van der Waals surface area contributed by atoms with Crippen molar-refractivity contribution in [3.8, 4) is 61.6 Å². The molecule has 0 saturated carbocycles. The Morgan fingerprint density at radius 3 is 1.57 bits per heavy atom. The van der Waals surface area contributed by atoms with Gasteiger partial charge < -0.3 is 4.57 Å². The second kappa shape index (κ2) is 14.1. The Hall–Kier alpha value is -8.92. The van der Waals surface area contributed by atoms with E-state index in [-0.39, 0.29) is 0 Å². The van der Waals surface area contributed by atoms with Crippen LogP contribution in [0.25, 0.3) is 83.4 Å². The van der Waals surface area contributed by atoms with E-state index in [1.54, 1.807) is 0 Å². The Kier molecular flexibility index (Phi) is 7.82. The van der Waals surface area contributed by atoms with Gasteiger partial charge in [-0.25, -0.2) is 0 Å². The lowest BCUT2D eigenvalue weighted by atomic mass is 9.54. The van der Waals surface area contributed by atoms with E-state index in [0.29, 0.717) is 0 Å². The van der Waals surface area contributed by atoms with E-state index in [4.69, 9.17) is 9.97 Å². The lowest BCUT2D eigenvalue weighted by Gasteiger charge is -2.47. The van der Waals surface area contributed by atoms with Crippen molar-refractivity contribution >= 4 is 21.8 Å². The van der Waals surface area contributed by atoms with Crippen LogP contribution in [0.2, 0.25) is 0 Å². The molecule has 0 aliphatic heterocycles. The lowest BCUT2D eigenvalue weighted by Crippen LogP contribution is -2.41. The van der Waals surface area contributed by atoms with Crippen LogP contribution in [0, 0.1) is 0 Å². The third kappa shape index (κ3) is 4.86. The molecule has 0 N–H and O–H groups in total. The summed E-state index contributed by atoms with van der Waals surface area (Å²) in [6.07, 6.45) is 4.02. The average Bonchev–Trinajstić information content (AvgIpc) is 4.13. The molecule has 72 heavy (non-hydrogen) atoms. The molecular weight excluding hydrogens is 871 g/mol. The first-order valence-corrected chi connectivity index (χ1v) is 25.2. The maximum Gasteiger partial charge on any atom is 0.0937 e. The molecule has 3 heteroatoms. The molecule has 4 aliphatic rings. The predicted octanol–water partition coefficient (Wildman–Crippen LogP) is 16.3. The van der Waals surface area contributed by atoms with E-state index in [2.05, 4.69) is 249 Å². The van der Waals surface area contributed by atoms with Crippen LogP contribution in [0.5, 0.6) is 0 Å². The molecule has 336 valence electrons. The summed E-state index contributed by atoms with van der Waals surface area (Å²) in [5.41, 5.74) is 26.5. The maximum atomic E-state index is 5.51. The van der Waals surface area contributed by atoms with E-state index in [1.807, 2.05) is 6.20 Å². The average molecular weight is 916 g/mol. The largest absolute Gasteiger partial charge is 0.309 e. The number of para-hydroxylation sites is 2. The highest BCUT2D eigenvalue weighted by Gasteiger charge is 2.58. The van der Waals surface area contributed by atoms with Crippen LogP contribution >= 0.6 is 0 Å². The topological polar surface area (TPSA) is 30.7 Å². The van der Waals surface area contributed by atoms with Gasteiger partial charge in [0.2, 0.25) is 0 Å². The van der Waals surface area contributed by atoms with Gasteiger partial charge in [-0.1, -0.05) is 190 Å².